The van der Waals surface area contributed by atoms with Crippen molar-refractivity contribution < 1.29 is 8.78 Å². The molecule has 0 radical (unpaired) electrons. The van der Waals surface area contributed by atoms with Crippen LogP contribution < -0.4 is 5.32 Å². The molecule has 16 heavy (non-hydrogen) atoms. The molecular weight excluding hydrogens is 322 g/mol. The Balaban J connectivity index is 2.34. The second-order valence-electron chi connectivity index (χ2n) is 2.84. The van der Waals surface area contributed by atoms with Crippen LogP contribution in [0.5, 0.6) is 0 Å². The molecule has 1 aromatic heterocycles. The van der Waals surface area contributed by atoms with Gasteiger partial charge in [-0.25, -0.2) is 13.8 Å². The van der Waals surface area contributed by atoms with Crippen LogP contribution in [0.2, 0.25) is 5.02 Å². The van der Waals surface area contributed by atoms with Crippen molar-refractivity contribution in [2.24, 2.45) is 0 Å². The summed E-state index contributed by atoms with van der Waals surface area (Å²) in [6.45, 7) is 0. The van der Waals surface area contributed by atoms with Crippen LogP contribution >= 0.6 is 38.9 Å². The molecule has 0 unspecified atom stereocenters. The van der Waals surface area contributed by atoms with Gasteiger partial charge in [-0.1, -0.05) is 11.6 Å². The standard InChI is InChI=1S/C9H4BrClF2N2S/c10-7-3-16-9(14-7)15-8-5(11)1-4(12)2-6(8)13/h1-3H,(H,14,15). The number of nitrogens with zero attached hydrogens (tertiary/aromatic N) is 1. The molecule has 1 N–H and O–H groups in total. The SMILES string of the molecule is Fc1cc(F)c(Nc2nc(Br)cs2)c(Cl)c1. The molecule has 0 aliphatic heterocycles. The molecule has 0 atom stereocenters. The fourth-order valence-electron chi connectivity index (χ4n) is 1.08. The van der Waals surface area contributed by atoms with Gasteiger partial charge in [-0.05, 0) is 22.0 Å². The van der Waals surface area contributed by atoms with Gasteiger partial charge in [-0.3, -0.25) is 0 Å². The van der Waals surface area contributed by atoms with Gasteiger partial charge in [0.1, 0.15) is 10.4 Å². The summed E-state index contributed by atoms with van der Waals surface area (Å²) in [5.41, 5.74) is 0.0184. The van der Waals surface area contributed by atoms with E-state index >= 15 is 0 Å². The molecule has 0 aliphatic rings. The van der Waals surface area contributed by atoms with E-state index in [9.17, 15) is 8.78 Å². The zero-order valence-electron chi connectivity index (χ0n) is 7.60. The summed E-state index contributed by atoms with van der Waals surface area (Å²) < 4.78 is 26.8. The van der Waals surface area contributed by atoms with Crippen LogP contribution in [0.15, 0.2) is 22.1 Å². The molecule has 0 saturated heterocycles. The quantitative estimate of drug-likeness (QED) is 0.874. The van der Waals surface area contributed by atoms with Gasteiger partial charge in [0.05, 0.1) is 10.7 Å². The van der Waals surface area contributed by atoms with Crippen LogP contribution in [0.1, 0.15) is 0 Å². The van der Waals surface area contributed by atoms with Crippen molar-refractivity contribution in [1.82, 2.24) is 4.98 Å². The summed E-state index contributed by atoms with van der Waals surface area (Å²) in [4.78, 5) is 4.02. The Morgan fingerprint density at radius 1 is 1.38 bits per heavy atom. The summed E-state index contributed by atoms with van der Waals surface area (Å²) in [5, 5.41) is 4.87. The molecule has 1 heterocycles. The van der Waals surface area contributed by atoms with Gasteiger partial charge in [0.15, 0.2) is 10.9 Å². The Labute approximate surface area is 107 Å². The minimum Gasteiger partial charge on any atom is -0.328 e. The fraction of sp³-hybridized carbons (Fsp3) is 0. The predicted octanol–water partition coefficient (Wildman–Crippen LogP) is 4.58. The minimum absolute atomic E-state index is 0.0184. The van der Waals surface area contributed by atoms with Gasteiger partial charge in [-0.2, -0.15) is 0 Å². The third-order valence-corrected chi connectivity index (χ3v) is 3.48. The second-order valence-corrected chi connectivity index (χ2v) is 4.92. The number of aromatic nitrogens is 1. The molecule has 0 fully saturated rings. The second kappa shape index (κ2) is 4.65. The summed E-state index contributed by atoms with van der Waals surface area (Å²) in [5.74, 6) is -1.47. The molecule has 1 aromatic carbocycles. The average molecular weight is 326 g/mol. The van der Waals surface area contributed by atoms with Crippen molar-refractivity contribution in [2.75, 3.05) is 5.32 Å². The van der Waals surface area contributed by atoms with E-state index in [4.69, 9.17) is 11.6 Å². The van der Waals surface area contributed by atoms with E-state index in [0.29, 0.717) is 9.73 Å². The largest absolute Gasteiger partial charge is 0.328 e. The van der Waals surface area contributed by atoms with E-state index < -0.39 is 11.6 Å². The molecule has 2 rings (SSSR count). The monoisotopic (exact) mass is 324 g/mol. The highest BCUT2D eigenvalue weighted by Gasteiger charge is 2.11. The van der Waals surface area contributed by atoms with Crippen molar-refractivity contribution in [3.63, 3.8) is 0 Å². The normalized spacial score (nSPS) is 10.5. The Morgan fingerprint density at radius 2 is 2.12 bits per heavy atom. The summed E-state index contributed by atoms with van der Waals surface area (Å²) >= 11 is 10.2. The van der Waals surface area contributed by atoms with Crippen molar-refractivity contribution >= 4 is 49.7 Å². The number of thiazole rings is 1. The van der Waals surface area contributed by atoms with Crippen LogP contribution in [0.25, 0.3) is 0 Å². The molecule has 2 aromatic rings. The van der Waals surface area contributed by atoms with E-state index in [2.05, 4.69) is 26.2 Å². The maximum absolute atomic E-state index is 13.4. The smallest absolute Gasteiger partial charge is 0.188 e. The van der Waals surface area contributed by atoms with Gasteiger partial charge in [0.25, 0.3) is 0 Å². The number of anilines is 2. The average Bonchev–Trinajstić information content (AvgIpc) is 2.58. The van der Waals surface area contributed by atoms with Gasteiger partial charge >= 0.3 is 0 Å². The molecule has 7 heteroatoms. The van der Waals surface area contributed by atoms with E-state index in [-0.39, 0.29) is 10.7 Å². The number of rotatable bonds is 2. The molecule has 0 bridgehead atoms. The lowest BCUT2D eigenvalue weighted by Crippen LogP contribution is -1.95. The van der Waals surface area contributed by atoms with Crippen molar-refractivity contribution in [2.45, 2.75) is 0 Å². The Morgan fingerprint density at radius 3 is 2.69 bits per heavy atom. The highest BCUT2D eigenvalue weighted by atomic mass is 79.9. The topological polar surface area (TPSA) is 24.9 Å². The van der Waals surface area contributed by atoms with Crippen molar-refractivity contribution in [1.29, 1.82) is 0 Å². The number of benzene rings is 1. The Hall–Kier alpha value is -0.720. The zero-order valence-corrected chi connectivity index (χ0v) is 10.8. The lowest BCUT2D eigenvalue weighted by Gasteiger charge is -2.06. The molecule has 0 amide bonds. The highest BCUT2D eigenvalue weighted by molar-refractivity contribution is 9.10. The molecular formula is C9H4BrClF2N2S. The number of hydrogen-bond acceptors (Lipinski definition) is 3. The fourth-order valence-corrected chi connectivity index (χ4v) is 2.47. The first-order valence-electron chi connectivity index (χ1n) is 4.09. The summed E-state index contributed by atoms with van der Waals surface area (Å²) in [6, 6.07) is 1.80. The third-order valence-electron chi connectivity index (χ3n) is 1.71. The molecule has 84 valence electrons. The molecule has 2 nitrogen and oxygen atoms in total. The van der Waals surface area contributed by atoms with Gasteiger partial charge in [0, 0.05) is 11.4 Å². The first-order valence-corrected chi connectivity index (χ1v) is 6.14. The van der Waals surface area contributed by atoms with Crippen LogP contribution in [0.3, 0.4) is 0 Å². The van der Waals surface area contributed by atoms with Crippen molar-refractivity contribution in [3.05, 3.63) is 38.8 Å². The van der Waals surface area contributed by atoms with Crippen LogP contribution in [0, 0.1) is 11.6 Å². The number of hydrogen-bond donors (Lipinski definition) is 1. The molecule has 0 saturated carbocycles. The number of nitrogens with one attached hydrogen (secondary N) is 1. The first kappa shape index (κ1) is 11.8. The van der Waals surface area contributed by atoms with Gasteiger partial charge in [0.2, 0.25) is 0 Å². The molecule has 0 aliphatic carbocycles. The van der Waals surface area contributed by atoms with E-state index in [0.717, 1.165) is 12.1 Å². The van der Waals surface area contributed by atoms with Crippen LogP contribution in [-0.4, -0.2) is 4.98 Å². The lowest BCUT2D eigenvalue weighted by molar-refractivity contribution is 0.586. The van der Waals surface area contributed by atoms with E-state index in [1.807, 2.05) is 0 Å². The predicted molar refractivity (Wildman–Crippen MR) is 64.5 cm³/mol. The van der Waals surface area contributed by atoms with Gasteiger partial charge in [-0.15, -0.1) is 11.3 Å². The third kappa shape index (κ3) is 2.50. The lowest BCUT2D eigenvalue weighted by atomic mass is 10.3. The van der Waals surface area contributed by atoms with Crippen LogP contribution in [0.4, 0.5) is 19.6 Å². The minimum atomic E-state index is -0.753. The van der Waals surface area contributed by atoms with E-state index in [1.54, 1.807) is 5.38 Å². The number of halogens is 4. The van der Waals surface area contributed by atoms with Crippen molar-refractivity contribution in [3.8, 4) is 0 Å². The molecule has 0 spiro atoms. The first-order chi connectivity index (χ1) is 7.56. The zero-order chi connectivity index (χ0) is 11.7. The van der Waals surface area contributed by atoms with Gasteiger partial charge < -0.3 is 5.32 Å². The van der Waals surface area contributed by atoms with Crippen LogP contribution in [-0.2, 0) is 0 Å². The Kier molecular flexibility index (Phi) is 3.41. The maximum atomic E-state index is 13.4. The van der Waals surface area contributed by atoms with E-state index in [1.165, 1.54) is 11.3 Å². The Bertz CT molecular complexity index is 509. The summed E-state index contributed by atoms with van der Waals surface area (Å²) in [6.07, 6.45) is 0. The maximum Gasteiger partial charge on any atom is 0.188 e. The summed E-state index contributed by atoms with van der Waals surface area (Å²) in [7, 11) is 0. The highest BCUT2D eigenvalue weighted by Crippen LogP contribution is 2.31.